The Morgan fingerprint density at radius 1 is 0.333 bits per heavy atom. The maximum Gasteiger partial charge on any atom is 0.202 e. The van der Waals surface area contributed by atoms with Crippen LogP contribution in [0.3, 0.4) is 0 Å². The van der Waals surface area contributed by atoms with E-state index in [-0.39, 0.29) is 0 Å². The first-order valence-corrected chi connectivity index (χ1v) is 16.7. The van der Waals surface area contributed by atoms with Gasteiger partial charge in [0.05, 0.1) is 0 Å². The first-order chi connectivity index (χ1) is 14.9. The Kier molecular flexibility index (Phi) is 9.67. The molecule has 1 nitrogen and oxygen atoms in total. The first kappa shape index (κ1) is 23.3. The second-order valence-electron chi connectivity index (χ2n) is 11.7. The summed E-state index contributed by atoms with van der Waals surface area (Å²) in [5.74, 6) is 0. The minimum Gasteiger partial charge on any atom is -0.413 e. The molecule has 0 unspecified atom stereocenters. The van der Waals surface area contributed by atoms with Gasteiger partial charge in [-0.1, -0.05) is 141 Å². The van der Waals surface area contributed by atoms with Crippen molar-refractivity contribution in [3.8, 4) is 0 Å². The van der Waals surface area contributed by atoms with Gasteiger partial charge in [-0.3, -0.25) is 0 Å². The molecule has 0 radical (unpaired) electrons. The fourth-order valence-corrected chi connectivity index (χ4v) is 15.5. The molecule has 30 heavy (non-hydrogen) atoms. The van der Waals surface area contributed by atoms with Crippen molar-refractivity contribution in [1.82, 2.24) is 0 Å². The van der Waals surface area contributed by atoms with Crippen LogP contribution in [0.1, 0.15) is 154 Å². The zero-order valence-electron chi connectivity index (χ0n) is 20.2. The van der Waals surface area contributed by atoms with Crippen LogP contribution in [0, 0.1) is 0 Å². The average Bonchev–Trinajstić information content (AvgIpc) is 3.37. The van der Waals surface area contributed by atoms with E-state index in [2.05, 4.69) is 0 Å². The summed E-state index contributed by atoms with van der Waals surface area (Å²) in [6.07, 6.45) is 36.5. The summed E-state index contributed by atoms with van der Waals surface area (Å²) in [5, 5.41) is 0. The lowest BCUT2D eigenvalue weighted by molar-refractivity contribution is 0.147. The number of rotatable bonds is 5. The van der Waals surface area contributed by atoms with Crippen LogP contribution < -0.4 is 0 Å². The maximum atomic E-state index is 7.88. The monoisotopic (exact) mass is 432 g/mol. The van der Waals surface area contributed by atoms with Gasteiger partial charge >= 0.3 is 0 Å². The highest BCUT2D eigenvalue weighted by molar-refractivity contribution is 6.78. The van der Waals surface area contributed by atoms with Crippen molar-refractivity contribution in [3.05, 3.63) is 0 Å². The summed E-state index contributed by atoms with van der Waals surface area (Å²) in [4.78, 5) is 0. The summed E-state index contributed by atoms with van der Waals surface area (Å²) in [5.41, 5.74) is 2.98. The largest absolute Gasteiger partial charge is 0.413 e. The predicted octanol–water partition coefficient (Wildman–Crippen LogP) is 9.84. The molecule has 0 aromatic heterocycles. The molecule has 174 valence electrons. The highest BCUT2D eigenvalue weighted by atomic mass is 28.4. The Bertz CT molecular complexity index is 395. The quantitative estimate of drug-likeness (QED) is 0.310. The van der Waals surface area contributed by atoms with Crippen LogP contribution in [0.5, 0.6) is 0 Å². The highest BCUT2D eigenvalue weighted by Gasteiger charge is 2.55. The SMILES string of the molecule is C1CCCC(O[Si](C2CCCCCC2)(C2CCCCCC2)C2CCCCCC2)CC1. The molecule has 0 aromatic carbocycles. The molecule has 0 amide bonds. The van der Waals surface area contributed by atoms with Crippen LogP contribution in [-0.4, -0.2) is 14.4 Å². The molecule has 4 fully saturated rings. The molecule has 4 aliphatic rings. The third-order valence-corrected chi connectivity index (χ3v) is 16.0. The van der Waals surface area contributed by atoms with Crippen LogP contribution in [0.4, 0.5) is 0 Å². The van der Waals surface area contributed by atoms with Crippen LogP contribution in [0.25, 0.3) is 0 Å². The number of hydrogen-bond acceptors (Lipinski definition) is 1. The summed E-state index contributed by atoms with van der Waals surface area (Å²) in [6, 6.07) is 0. The van der Waals surface area contributed by atoms with Crippen molar-refractivity contribution in [1.29, 1.82) is 0 Å². The van der Waals surface area contributed by atoms with Gasteiger partial charge in [0.15, 0.2) is 0 Å². The molecular weight excluding hydrogens is 380 g/mol. The van der Waals surface area contributed by atoms with Crippen molar-refractivity contribution in [2.75, 3.05) is 0 Å². The van der Waals surface area contributed by atoms with E-state index in [4.69, 9.17) is 4.43 Å². The van der Waals surface area contributed by atoms with Gasteiger partial charge < -0.3 is 4.43 Å². The van der Waals surface area contributed by atoms with Gasteiger partial charge in [0.2, 0.25) is 8.32 Å². The zero-order valence-corrected chi connectivity index (χ0v) is 21.2. The number of hydrogen-bond donors (Lipinski definition) is 0. The summed E-state index contributed by atoms with van der Waals surface area (Å²) >= 11 is 0. The van der Waals surface area contributed by atoms with Crippen LogP contribution >= 0.6 is 0 Å². The molecule has 0 aliphatic heterocycles. The molecule has 2 heteroatoms. The minimum atomic E-state index is -1.80. The highest BCUT2D eigenvalue weighted by Crippen LogP contribution is 2.57. The molecule has 0 aromatic rings. The second-order valence-corrected chi connectivity index (χ2v) is 16.0. The zero-order chi connectivity index (χ0) is 20.5. The average molecular weight is 433 g/mol. The first-order valence-electron chi connectivity index (χ1n) is 14.6. The van der Waals surface area contributed by atoms with E-state index in [9.17, 15) is 0 Å². The fraction of sp³-hybridized carbons (Fsp3) is 1.00. The van der Waals surface area contributed by atoms with E-state index < -0.39 is 8.32 Å². The van der Waals surface area contributed by atoms with E-state index in [0.717, 1.165) is 16.6 Å². The van der Waals surface area contributed by atoms with Crippen molar-refractivity contribution >= 4 is 8.32 Å². The molecule has 0 saturated heterocycles. The molecule has 4 rings (SSSR count). The Balaban J connectivity index is 1.68. The molecule has 0 spiro atoms. The van der Waals surface area contributed by atoms with Gasteiger partial charge in [0.25, 0.3) is 0 Å². The standard InChI is InChI=1S/C28H52OSi/c1-2-10-18-25(17-9-1)29-30(26-19-11-3-4-12-20-26,27-21-13-5-6-14-22-27)28-23-15-7-8-16-24-28/h25-28H,1-24H2. The van der Waals surface area contributed by atoms with Crippen molar-refractivity contribution in [2.45, 2.75) is 177 Å². The molecule has 4 saturated carbocycles. The van der Waals surface area contributed by atoms with Crippen LogP contribution in [0.2, 0.25) is 16.6 Å². The van der Waals surface area contributed by atoms with E-state index in [1.54, 1.807) is 0 Å². The van der Waals surface area contributed by atoms with Gasteiger partial charge in [-0.05, 0) is 29.5 Å². The van der Waals surface area contributed by atoms with Crippen molar-refractivity contribution in [2.24, 2.45) is 0 Å². The Morgan fingerprint density at radius 2 is 0.600 bits per heavy atom. The van der Waals surface area contributed by atoms with Gasteiger partial charge in [0, 0.05) is 6.10 Å². The summed E-state index contributed by atoms with van der Waals surface area (Å²) in [7, 11) is -1.80. The van der Waals surface area contributed by atoms with Gasteiger partial charge in [-0.25, -0.2) is 0 Å². The molecule has 0 atom stereocenters. The lowest BCUT2D eigenvalue weighted by Crippen LogP contribution is -2.54. The van der Waals surface area contributed by atoms with Gasteiger partial charge in [0.1, 0.15) is 0 Å². The Labute approximate surface area is 189 Å². The van der Waals surface area contributed by atoms with E-state index in [1.165, 1.54) is 154 Å². The van der Waals surface area contributed by atoms with E-state index in [0.29, 0.717) is 6.10 Å². The Morgan fingerprint density at radius 3 is 0.900 bits per heavy atom. The molecule has 0 heterocycles. The van der Waals surface area contributed by atoms with Crippen LogP contribution in [-0.2, 0) is 4.43 Å². The third kappa shape index (κ3) is 5.94. The second kappa shape index (κ2) is 12.4. The lowest BCUT2D eigenvalue weighted by Gasteiger charge is -2.51. The van der Waals surface area contributed by atoms with Gasteiger partial charge in [-0.2, -0.15) is 0 Å². The minimum absolute atomic E-state index is 0.633. The molecule has 0 N–H and O–H groups in total. The predicted molar refractivity (Wildman–Crippen MR) is 133 cm³/mol. The third-order valence-electron chi connectivity index (χ3n) is 9.65. The fourth-order valence-electron chi connectivity index (χ4n) is 8.13. The van der Waals surface area contributed by atoms with Gasteiger partial charge in [-0.15, -0.1) is 0 Å². The summed E-state index contributed by atoms with van der Waals surface area (Å²) < 4.78 is 7.88. The lowest BCUT2D eigenvalue weighted by atomic mass is 10.2. The van der Waals surface area contributed by atoms with E-state index >= 15 is 0 Å². The van der Waals surface area contributed by atoms with Crippen molar-refractivity contribution < 1.29 is 4.43 Å². The molecule has 4 aliphatic carbocycles. The van der Waals surface area contributed by atoms with Crippen LogP contribution in [0.15, 0.2) is 0 Å². The van der Waals surface area contributed by atoms with Crippen molar-refractivity contribution in [3.63, 3.8) is 0 Å². The summed E-state index contributed by atoms with van der Waals surface area (Å²) in [6.45, 7) is 0. The normalized spacial score (nSPS) is 28.4. The smallest absolute Gasteiger partial charge is 0.202 e. The maximum absolute atomic E-state index is 7.88. The molecule has 0 bridgehead atoms. The molecular formula is C28H52OSi. The Hall–Kier alpha value is 0.177. The van der Waals surface area contributed by atoms with E-state index in [1.807, 2.05) is 0 Å². The topological polar surface area (TPSA) is 9.23 Å².